The van der Waals surface area contributed by atoms with E-state index in [1.54, 1.807) is 7.11 Å². The smallest absolute Gasteiger partial charge is 0.0900 e. The maximum atomic E-state index is 9.94. The highest BCUT2D eigenvalue weighted by Gasteiger charge is 2.25. The van der Waals surface area contributed by atoms with Gasteiger partial charge in [0.05, 0.1) is 25.4 Å². The Morgan fingerprint density at radius 3 is 2.83 bits per heavy atom. The van der Waals surface area contributed by atoms with Crippen LogP contribution in [0.3, 0.4) is 0 Å². The Labute approximate surface area is 110 Å². The Hall–Kier alpha value is -0.200. The van der Waals surface area contributed by atoms with Gasteiger partial charge >= 0.3 is 0 Å². The van der Waals surface area contributed by atoms with E-state index in [-0.39, 0.29) is 12.7 Å². The lowest BCUT2D eigenvalue weighted by molar-refractivity contribution is -0.0410. The predicted molar refractivity (Wildman–Crippen MR) is 69.6 cm³/mol. The van der Waals surface area contributed by atoms with Gasteiger partial charge in [-0.1, -0.05) is 0 Å². The van der Waals surface area contributed by atoms with Crippen LogP contribution in [0.25, 0.3) is 0 Å². The first-order valence-corrected chi connectivity index (χ1v) is 6.80. The lowest BCUT2D eigenvalue weighted by Gasteiger charge is -2.26. The fraction of sp³-hybridized carbons (Fsp3) is 1.00. The average molecular weight is 261 g/mol. The topological polar surface area (TPSA) is 62.2 Å². The molecule has 0 aromatic heterocycles. The molecule has 1 aliphatic heterocycles. The first-order chi connectivity index (χ1) is 8.67. The van der Waals surface area contributed by atoms with Gasteiger partial charge in [-0.05, 0) is 32.7 Å². The third kappa shape index (κ3) is 5.63. The maximum absolute atomic E-state index is 9.94. The fourth-order valence-corrected chi connectivity index (χ4v) is 2.49. The normalized spacial score (nSPS) is 24.3. The minimum absolute atomic E-state index is 0.0106. The van der Waals surface area contributed by atoms with Crippen LogP contribution in [0.15, 0.2) is 0 Å². The summed E-state index contributed by atoms with van der Waals surface area (Å²) in [5.74, 6) is 0. The molecular weight excluding hydrogens is 234 g/mol. The zero-order chi connectivity index (χ0) is 13.4. The highest BCUT2D eigenvalue weighted by atomic mass is 16.5. The molecule has 1 saturated heterocycles. The molecule has 0 spiro atoms. The molecule has 3 unspecified atom stereocenters. The van der Waals surface area contributed by atoms with Crippen molar-refractivity contribution in [1.82, 2.24) is 4.90 Å². The molecule has 0 radical (unpaired) electrons. The van der Waals surface area contributed by atoms with E-state index in [1.807, 2.05) is 6.92 Å². The van der Waals surface area contributed by atoms with Crippen molar-refractivity contribution in [2.75, 3.05) is 40.0 Å². The van der Waals surface area contributed by atoms with Crippen molar-refractivity contribution in [3.63, 3.8) is 0 Å². The second-order valence-electron chi connectivity index (χ2n) is 5.06. The van der Waals surface area contributed by atoms with Gasteiger partial charge in [0.25, 0.3) is 0 Å². The van der Waals surface area contributed by atoms with Crippen LogP contribution < -0.4 is 0 Å². The number of methoxy groups -OCH3 is 1. The van der Waals surface area contributed by atoms with Crippen molar-refractivity contribution < 1.29 is 19.7 Å². The van der Waals surface area contributed by atoms with Crippen LogP contribution in [0.2, 0.25) is 0 Å². The molecule has 0 aromatic carbocycles. The number of likely N-dealkylation sites (tertiary alicyclic amines) is 1. The summed E-state index contributed by atoms with van der Waals surface area (Å²) in [4.78, 5) is 2.26. The second kappa shape index (κ2) is 8.82. The SMILES string of the molecule is COCC(C)OCC(O)CN1CCCC1CCO. The van der Waals surface area contributed by atoms with Crippen LogP contribution in [-0.2, 0) is 9.47 Å². The van der Waals surface area contributed by atoms with E-state index >= 15 is 0 Å². The predicted octanol–water partition coefficient (Wildman–Crippen LogP) is 0.246. The number of hydrogen-bond acceptors (Lipinski definition) is 5. The molecule has 108 valence electrons. The molecule has 2 N–H and O–H groups in total. The van der Waals surface area contributed by atoms with E-state index in [0.717, 1.165) is 25.8 Å². The summed E-state index contributed by atoms with van der Waals surface area (Å²) in [7, 11) is 1.64. The van der Waals surface area contributed by atoms with Gasteiger partial charge in [0.15, 0.2) is 0 Å². The molecule has 0 bridgehead atoms. The standard InChI is InChI=1S/C13H27NO4/c1-11(9-17-2)18-10-13(16)8-14-6-3-4-12(14)5-7-15/h11-13,15-16H,3-10H2,1-2H3. The average Bonchev–Trinajstić information content (AvgIpc) is 2.75. The molecule has 0 aromatic rings. The summed E-state index contributed by atoms with van der Waals surface area (Å²) in [6.45, 7) is 4.68. The van der Waals surface area contributed by atoms with Crippen molar-refractivity contribution in [2.45, 2.75) is 44.4 Å². The summed E-state index contributed by atoms with van der Waals surface area (Å²) in [5.41, 5.74) is 0. The number of β-amino-alcohol motifs (C(OH)–C–C–N with tert-alkyl or cyclic N) is 1. The number of aliphatic hydroxyl groups excluding tert-OH is 2. The highest BCUT2D eigenvalue weighted by molar-refractivity contribution is 4.80. The molecule has 3 atom stereocenters. The molecule has 18 heavy (non-hydrogen) atoms. The van der Waals surface area contributed by atoms with Gasteiger partial charge in [-0.2, -0.15) is 0 Å². The lowest BCUT2D eigenvalue weighted by atomic mass is 10.1. The maximum Gasteiger partial charge on any atom is 0.0900 e. The van der Waals surface area contributed by atoms with Crippen molar-refractivity contribution >= 4 is 0 Å². The van der Waals surface area contributed by atoms with Crippen molar-refractivity contribution in [3.05, 3.63) is 0 Å². The molecule has 0 aliphatic carbocycles. The number of ether oxygens (including phenoxy) is 2. The van der Waals surface area contributed by atoms with Crippen LogP contribution in [-0.4, -0.2) is 73.4 Å². The molecular formula is C13H27NO4. The lowest BCUT2D eigenvalue weighted by Crippen LogP contribution is -2.39. The fourth-order valence-electron chi connectivity index (χ4n) is 2.49. The van der Waals surface area contributed by atoms with Gasteiger partial charge in [-0.15, -0.1) is 0 Å². The molecule has 5 nitrogen and oxygen atoms in total. The van der Waals surface area contributed by atoms with Gasteiger partial charge in [0, 0.05) is 26.3 Å². The largest absolute Gasteiger partial charge is 0.396 e. The number of aliphatic hydroxyl groups is 2. The van der Waals surface area contributed by atoms with Crippen LogP contribution in [0.4, 0.5) is 0 Å². The molecule has 5 heteroatoms. The Morgan fingerprint density at radius 2 is 2.17 bits per heavy atom. The van der Waals surface area contributed by atoms with Crippen LogP contribution in [0.5, 0.6) is 0 Å². The number of rotatable bonds is 9. The van der Waals surface area contributed by atoms with Gasteiger partial charge in [-0.25, -0.2) is 0 Å². The molecule has 1 heterocycles. The van der Waals surface area contributed by atoms with Gasteiger partial charge in [0.1, 0.15) is 0 Å². The summed E-state index contributed by atoms with van der Waals surface area (Å²) in [5, 5.41) is 18.9. The quantitative estimate of drug-likeness (QED) is 0.623. The summed E-state index contributed by atoms with van der Waals surface area (Å²) in [6, 6.07) is 0.418. The van der Waals surface area contributed by atoms with Gasteiger partial charge in [-0.3, -0.25) is 4.90 Å². The van der Waals surface area contributed by atoms with E-state index in [1.165, 1.54) is 0 Å². The monoisotopic (exact) mass is 261 g/mol. The molecule has 0 amide bonds. The zero-order valence-electron chi connectivity index (χ0n) is 11.5. The highest BCUT2D eigenvalue weighted by Crippen LogP contribution is 2.19. The van der Waals surface area contributed by atoms with Crippen molar-refractivity contribution in [3.8, 4) is 0 Å². The van der Waals surface area contributed by atoms with Crippen LogP contribution in [0, 0.1) is 0 Å². The third-order valence-corrected chi connectivity index (χ3v) is 3.38. The Balaban J connectivity index is 2.20. The van der Waals surface area contributed by atoms with E-state index in [0.29, 0.717) is 25.8 Å². The molecule has 1 fully saturated rings. The van der Waals surface area contributed by atoms with E-state index in [2.05, 4.69) is 4.90 Å². The molecule has 1 aliphatic rings. The first-order valence-electron chi connectivity index (χ1n) is 6.80. The summed E-state index contributed by atoms with van der Waals surface area (Å²) < 4.78 is 10.5. The Bertz CT molecular complexity index is 215. The van der Waals surface area contributed by atoms with Crippen LogP contribution >= 0.6 is 0 Å². The second-order valence-corrected chi connectivity index (χ2v) is 5.06. The van der Waals surface area contributed by atoms with Gasteiger partial charge in [0.2, 0.25) is 0 Å². The third-order valence-electron chi connectivity index (χ3n) is 3.38. The van der Waals surface area contributed by atoms with Gasteiger partial charge < -0.3 is 19.7 Å². The van der Waals surface area contributed by atoms with Crippen molar-refractivity contribution in [2.24, 2.45) is 0 Å². The summed E-state index contributed by atoms with van der Waals surface area (Å²) >= 11 is 0. The first kappa shape index (κ1) is 15.9. The minimum atomic E-state index is -0.469. The Kier molecular flexibility index (Phi) is 7.77. The molecule has 1 rings (SSSR count). The summed E-state index contributed by atoms with van der Waals surface area (Å²) in [6.07, 6.45) is 2.61. The minimum Gasteiger partial charge on any atom is -0.396 e. The Morgan fingerprint density at radius 1 is 1.39 bits per heavy atom. The van der Waals surface area contributed by atoms with E-state index < -0.39 is 6.10 Å². The number of nitrogens with zero attached hydrogens (tertiary/aromatic N) is 1. The number of hydrogen-bond donors (Lipinski definition) is 2. The van der Waals surface area contributed by atoms with E-state index in [9.17, 15) is 5.11 Å². The molecule has 0 saturated carbocycles. The van der Waals surface area contributed by atoms with Crippen molar-refractivity contribution in [1.29, 1.82) is 0 Å². The van der Waals surface area contributed by atoms with E-state index in [4.69, 9.17) is 14.6 Å². The zero-order valence-corrected chi connectivity index (χ0v) is 11.5. The van der Waals surface area contributed by atoms with Crippen LogP contribution in [0.1, 0.15) is 26.2 Å².